The van der Waals surface area contributed by atoms with Gasteiger partial charge in [0, 0.05) is 37.2 Å². The molecule has 57 heavy (non-hydrogen) atoms. The van der Waals surface area contributed by atoms with E-state index in [0.29, 0.717) is 0 Å². The van der Waals surface area contributed by atoms with Gasteiger partial charge in [0.15, 0.2) is 0 Å². The summed E-state index contributed by atoms with van der Waals surface area (Å²) in [7, 11) is 0. The molecule has 1 heterocycles. The molecule has 0 atom stereocenters. The van der Waals surface area contributed by atoms with E-state index in [0.717, 1.165) is 17.1 Å². The van der Waals surface area contributed by atoms with Crippen LogP contribution in [-0.4, -0.2) is 0 Å². The lowest BCUT2D eigenvalue weighted by Crippen LogP contribution is -2.28. The highest BCUT2D eigenvalue weighted by Gasteiger charge is 2.45. The Balaban J connectivity index is 1.07. The third-order valence-electron chi connectivity index (χ3n) is 11.7. The maximum absolute atomic E-state index is 2.42. The Morgan fingerprint density at radius 3 is 1.63 bits per heavy atom. The van der Waals surface area contributed by atoms with Gasteiger partial charge in [0.05, 0.1) is 5.41 Å². The molecular formula is C55H37NS. The lowest BCUT2D eigenvalue weighted by molar-refractivity contribution is 0.768. The number of thiophene rings is 1. The molecule has 2 heteroatoms. The van der Waals surface area contributed by atoms with Gasteiger partial charge in [0.1, 0.15) is 0 Å². The van der Waals surface area contributed by atoms with Gasteiger partial charge in [-0.3, -0.25) is 0 Å². The molecule has 0 radical (unpaired) electrons. The molecular weight excluding hydrogens is 707 g/mol. The van der Waals surface area contributed by atoms with Crippen LogP contribution in [0.5, 0.6) is 0 Å². The Labute approximate surface area is 337 Å². The van der Waals surface area contributed by atoms with Crippen molar-refractivity contribution < 1.29 is 0 Å². The van der Waals surface area contributed by atoms with Gasteiger partial charge in [-0.05, 0) is 110 Å². The molecule has 1 nitrogen and oxygen atoms in total. The highest BCUT2D eigenvalue weighted by atomic mass is 32.1. The molecule has 0 unspecified atom stereocenters. The van der Waals surface area contributed by atoms with E-state index in [1.807, 2.05) is 11.3 Å². The molecule has 0 saturated carbocycles. The summed E-state index contributed by atoms with van der Waals surface area (Å²) in [6, 6.07) is 82.5. The van der Waals surface area contributed by atoms with Gasteiger partial charge in [0.2, 0.25) is 0 Å². The van der Waals surface area contributed by atoms with E-state index in [-0.39, 0.29) is 0 Å². The Morgan fingerprint density at radius 2 is 0.860 bits per heavy atom. The fourth-order valence-corrected chi connectivity index (χ4v) is 10.3. The summed E-state index contributed by atoms with van der Waals surface area (Å²) in [5.41, 5.74) is 15.5. The maximum atomic E-state index is 2.42. The van der Waals surface area contributed by atoms with Crippen molar-refractivity contribution in [1.82, 2.24) is 0 Å². The molecule has 9 aromatic carbocycles. The van der Waals surface area contributed by atoms with Crippen LogP contribution in [0.2, 0.25) is 0 Å². The van der Waals surface area contributed by atoms with Gasteiger partial charge in [-0.15, -0.1) is 11.3 Å². The van der Waals surface area contributed by atoms with E-state index in [2.05, 4.69) is 229 Å². The highest BCUT2D eigenvalue weighted by Crippen LogP contribution is 2.56. The second-order valence-electron chi connectivity index (χ2n) is 14.9. The van der Waals surface area contributed by atoms with E-state index in [9.17, 15) is 0 Å². The van der Waals surface area contributed by atoms with Crippen molar-refractivity contribution in [2.45, 2.75) is 5.41 Å². The smallest absolute Gasteiger partial charge is 0.0713 e. The predicted octanol–water partition coefficient (Wildman–Crippen LogP) is 15.2. The Morgan fingerprint density at radius 1 is 0.316 bits per heavy atom. The summed E-state index contributed by atoms with van der Waals surface area (Å²) < 4.78 is 2.61. The predicted molar refractivity (Wildman–Crippen MR) is 242 cm³/mol. The quantitative estimate of drug-likeness (QED) is 0.157. The van der Waals surface area contributed by atoms with Gasteiger partial charge in [-0.2, -0.15) is 0 Å². The number of rotatable bonds is 7. The van der Waals surface area contributed by atoms with Gasteiger partial charge < -0.3 is 4.90 Å². The maximum Gasteiger partial charge on any atom is 0.0713 e. The average molecular weight is 744 g/mol. The zero-order valence-electron chi connectivity index (χ0n) is 31.2. The molecule has 0 fully saturated rings. The fraction of sp³-hybridized carbons (Fsp3) is 0.0182. The zero-order chi connectivity index (χ0) is 37.8. The topological polar surface area (TPSA) is 3.24 Å². The zero-order valence-corrected chi connectivity index (χ0v) is 32.0. The largest absolute Gasteiger partial charge is 0.310 e. The number of fused-ring (bicyclic) bond motifs is 6. The van der Waals surface area contributed by atoms with Crippen molar-refractivity contribution in [2.75, 3.05) is 4.90 Å². The number of benzene rings is 9. The van der Waals surface area contributed by atoms with Crippen LogP contribution in [0.15, 0.2) is 224 Å². The van der Waals surface area contributed by atoms with Crippen LogP contribution in [0.3, 0.4) is 0 Å². The van der Waals surface area contributed by atoms with Crippen LogP contribution in [0.4, 0.5) is 17.1 Å². The van der Waals surface area contributed by atoms with Crippen LogP contribution in [0.1, 0.15) is 22.3 Å². The van der Waals surface area contributed by atoms with Crippen molar-refractivity contribution >= 4 is 48.6 Å². The first-order valence-corrected chi connectivity index (χ1v) is 20.4. The lowest BCUT2D eigenvalue weighted by atomic mass is 9.67. The Hall–Kier alpha value is -7.00. The first-order chi connectivity index (χ1) is 28.3. The molecule has 1 aromatic heterocycles. The van der Waals surface area contributed by atoms with Crippen molar-refractivity contribution in [3.8, 4) is 33.4 Å². The van der Waals surface area contributed by atoms with E-state index in [1.165, 1.54) is 75.8 Å². The first kappa shape index (κ1) is 33.3. The summed E-state index contributed by atoms with van der Waals surface area (Å²) in [6.07, 6.45) is 0. The van der Waals surface area contributed by atoms with E-state index in [4.69, 9.17) is 0 Å². The third kappa shape index (κ3) is 5.44. The van der Waals surface area contributed by atoms with Gasteiger partial charge >= 0.3 is 0 Å². The molecule has 0 bridgehead atoms. The summed E-state index contributed by atoms with van der Waals surface area (Å²) in [6.45, 7) is 0. The van der Waals surface area contributed by atoms with E-state index < -0.39 is 5.41 Å². The van der Waals surface area contributed by atoms with Crippen molar-refractivity contribution in [3.63, 3.8) is 0 Å². The van der Waals surface area contributed by atoms with Crippen LogP contribution in [0.25, 0.3) is 53.6 Å². The highest BCUT2D eigenvalue weighted by molar-refractivity contribution is 7.25. The second kappa shape index (κ2) is 13.6. The third-order valence-corrected chi connectivity index (χ3v) is 12.9. The summed E-state index contributed by atoms with van der Waals surface area (Å²) in [5, 5.41) is 2.58. The van der Waals surface area contributed by atoms with E-state index >= 15 is 0 Å². The minimum atomic E-state index is -0.415. The molecule has 0 amide bonds. The van der Waals surface area contributed by atoms with Gasteiger partial charge in [0.25, 0.3) is 0 Å². The monoisotopic (exact) mass is 743 g/mol. The molecule has 0 aliphatic heterocycles. The number of hydrogen-bond donors (Lipinski definition) is 0. The second-order valence-corrected chi connectivity index (χ2v) is 15.9. The molecule has 0 spiro atoms. The molecule has 0 N–H and O–H groups in total. The molecule has 1 aliphatic rings. The van der Waals surface area contributed by atoms with Gasteiger partial charge in [-0.1, -0.05) is 170 Å². The standard InChI is InChI=1S/C55H37NS/c1-4-15-38(16-5-1)39-27-30-44(31-28-39)56(46-32-34-54-50(37-46)48-24-11-13-26-53(48)57-54)45-22-14-17-40(35-45)41-29-33-52-49(36-41)47-23-10-12-25-51(47)55(52,42-18-6-2-7-19-42)43-20-8-3-9-21-43/h1-37H. The van der Waals surface area contributed by atoms with Crippen molar-refractivity contribution in [2.24, 2.45) is 0 Å². The number of anilines is 3. The van der Waals surface area contributed by atoms with Crippen LogP contribution >= 0.6 is 11.3 Å². The van der Waals surface area contributed by atoms with Crippen LogP contribution in [-0.2, 0) is 5.41 Å². The average Bonchev–Trinajstić information content (AvgIpc) is 3.81. The number of nitrogens with zero attached hydrogens (tertiary/aromatic N) is 1. The fourth-order valence-electron chi connectivity index (χ4n) is 9.19. The van der Waals surface area contributed by atoms with Gasteiger partial charge in [-0.25, -0.2) is 0 Å². The lowest BCUT2D eigenvalue weighted by Gasteiger charge is -2.33. The first-order valence-electron chi connectivity index (χ1n) is 19.6. The summed E-state index contributed by atoms with van der Waals surface area (Å²) in [4.78, 5) is 2.41. The molecule has 1 aliphatic carbocycles. The number of hydrogen-bond acceptors (Lipinski definition) is 2. The SMILES string of the molecule is c1ccc(-c2ccc(N(c3cccc(-c4ccc5c(c4)-c4ccccc4C5(c4ccccc4)c4ccccc4)c3)c3ccc4sc5ccccc5c4c3)cc2)cc1. The summed E-state index contributed by atoms with van der Waals surface area (Å²) >= 11 is 1.86. The molecule has 0 saturated heterocycles. The normalized spacial score (nSPS) is 12.7. The van der Waals surface area contributed by atoms with E-state index in [1.54, 1.807) is 0 Å². The molecule has 11 rings (SSSR count). The van der Waals surface area contributed by atoms with Crippen molar-refractivity contribution in [3.05, 3.63) is 247 Å². The van der Waals surface area contributed by atoms with Crippen molar-refractivity contribution in [1.29, 1.82) is 0 Å². The Bertz CT molecular complexity index is 3020. The summed E-state index contributed by atoms with van der Waals surface area (Å²) in [5.74, 6) is 0. The minimum Gasteiger partial charge on any atom is -0.310 e. The van der Waals surface area contributed by atoms with Crippen LogP contribution < -0.4 is 4.90 Å². The molecule has 268 valence electrons. The molecule has 10 aromatic rings. The minimum absolute atomic E-state index is 0.415. The van der Waals surface area contributed by atoms with Crippen LogP contribution in [0, 0.1) is 0 Å². The Kier molecular flexibility index (Phi) is 7.98.